The molecule has 3 rings (SSSR count). The summed E-state index contributed by atoms with van der Waals surface area (Å²) in [4.78, 5) is 14.6. The van der Waals surface area contributed by atoms with Crippen LogP contribution >= 0.6 is 0 Å². The molecule has 9 heteroatoms. The molecule has 0 saturated carbocycles. The fraction of sp³-hybridized carbons (Fsp3) is 0.714. The number of carbonyl (C=O) groups is 1. The smallest absolute Gasteiger partial charge is 0.233 e. The first-order valence-electron chi connectivity index (χ1n) is 8.08. The van der Waals surface area contributed by atoms with Crippen molar-refractivity contribution in [2.24, 2.45) is 0 Å². The van der Waals surface area contributed by atoms with Crippen molar-refractivity contribution < 1.29 is 4.79 Å². The second kappa shape index (κ2) is 6.84. The quantitative estimate of drug-likeness (QED) is 0.801. The van der Waals surface area contributed by atoms with Crippen molar-refractivity contribution >= 4 is 5.91 Å². The average Bonchev–Trinajstić information content (AvgIpc) is 3.13. The van der Waals surface area contributed by atoms with Crippen LogP contribution in [0.3, 0.4) is 0 Å². The third kappa shape index (κ3) is 3.22. The highest BCUT2D eigenvalue weighted by Gasteiger charge is 2.31. The second-order valence-electron chi connectivity index (χ2n) is 5.94. The van der Waals surface area contributed by atoms with Gasteiger partial charge in [-0.05, 0) is 29.7 Å². The Morgan fingerprint density at radius 1 is 1.39 bits per heavy atom. The minimum absolute atomic E-state index is 0.0361. The standard InChI is InChI=1S/C14H22N8O/c1-3-7-21-10-15-16-12(21)9-20(2)14(23)11-6-4-5-8-22-13(11)17-18-19-22/h10-11H,3-9H2,1-2H3/t11-/m1/s1. The molecule has 1 aliphatic rings. The molecule has 0 aliphatic carbocycles. The van der Waals surface area contributed by atoms with Crippen molar-refractivity contribution in [2.45, 2.75) is 58.2 Å². The fourth-order valence-corrected chi connectivity index (χ4v) is 2.98. The number of nitrogens with zero attached hydrogens (tertiary/aromatic N) is 8. The molecule has 3 heterocycles. The summed E-state index contributed by atoms with van der Waals surface area (Å²) < 4.78 is 3.74. The second-order valence-corrected chi connectivity index (χ2v) is 5.94. The van der Waals surface area contributed by atoms with E-state index in [0.29, 0.717) is 12.4 Å². The number of amides is 1. The van der Waals surface area contributed by atoms with Gasteiger partial charge in [-0.15, -0.1) is 15.3 Å². The van der Waals surface area contributed by atoms with Gasteiger partial charge in [-0.2, -0.15) is 0 Å². The maximum absolute atomic E-state index is 12.9. The van der Waals surface area contributed by atoms with Crippen molar-refractivity contribution in [1.29, 1.82) is 0 Å². The van der Waals surface area contributed by atoms with Gasteiger partial charge in [0.05, 0.1) is 12.5 Å². The van der Waals surface area contributed by atoms with Crippen molar-refractivity contribution in [3.63, 3.8) is 0 Å². The molecule has 0 bridgehead atoms. The summed E-state index contributed by atoms with van der Waals surface area (Å²) in [6.45, 7) is 4.17. The zero-order chi connectivity index (χ0) is 16.2. The summed E-state index contributed by atoms with van der Waals surface area (Å²) in [7, 11) is 1.80. The number of carbonyl (C=O) groups excluding carboxylic acids is 1. The summed E-state index contributed by atoms with van der Waals surface area (Å²) in [5.41, 5.74) is 0. The Balaban J connectivity index is 1.74. The predicted octanol–water partition coefficient (Wildman–Crippen LogP) is 0.601. The highest BCUT2D eigenvalue weighted by Crippen LogP contribution is 2.26. The Bertz CT molecular complexity index is 663. The molecule has 124 valence electrons. The van der Waals surface area contributed by atoms with Gasteiger partial charge in [0, 0.05) is 20.1 Å². The van der Waals surface area contributed by atoms with E-state index < -0.39 is 0 Å². The number of hydrogen-bond donors (Lipinski definition) is 0. The normalized spacial score (nSPS) is 17.6. The minimum atomic E-state index is -0.278. The molecule has 1 aliphatic heterocycles. The lowest BCUT2D eigenvalue weighted by molar-refractivity contribution is -0.132. The molecule has 2 aromatic rings. The van der Waals surface area contributed by atoms with Crippen LogP contribution in [0.5, 0.6) is 0 Å². The third-order valence-corrected chi connectivity index (χ3v) is 4.20. The van der Waals surface area contributed by atoms with Crippen molar-refractivity contribution in [2.75, 3.05) is 7.05 Å². The summed E-state index contributed by atoms with van der Waals surface area (Å²) in [6.07, 6.45) is 5.48. The minimum Gasteiger partial charge on any atom is -0.338 e. The van der Waals surface area contributed by atoms with Gasteiger partial charge in [-0.3, -0.25) is 4.79 Å². The van der Waals surface area contributed by atoms with Crippen LogP contribution in [0.15, 0.2) is 6.33 Å². The zero-order valence-electron chi connectivity index (χ0n) is 13.6. The van der Waals surface area contributed by atoms with Crippen LogP contribution in [-0.4, -0.2) is 52.8 Å². The van der Waals surface area contributed by atoms with E-state index in [1.807, 2.05) is 4.57 Å². The summed E-state index contributed by atoms with van der Waals surface area (Å²) >= 11 is 0. The molecule has 0 spiro atoms. The molecule has 0 N–H and O–H groups in total. The molecule has 2 aromatic heterocycles. The predicted molar refractivity (Wildman–Crippen MR) is 81.2 cm³/mol. The molecular formula is C14H22N8O. The topological polar surface area (TPSA) is 94.6 Å². The number of fused-ring (bicyclic) bond motifs is 1. The highest BCUT2D eigenvalue weighted by molar-refractivity contribution is 5.82. The van der Waals surface area contributed by atoms with Gasteiger partial charge >= 0.3 is 0 Å². The molecule has 23 heavy (non-hydrogen) atoms. The Labute approximate surface area is 134 Å². The van der Waals surface area contributed by atoms with Gasteiger partial charge in [0.25, 0.3) is 0 Å². The summed E-state index contributed by atoms with van der Waals surface area (Å²) in [5.74, 6) is 1.24. The Hall–Kier alpha value is -2.32. The van der Waals surface area contributed by atoms with Gasteiger partial charge in [-0.1, -0.05) is 13.3 Å². The van der Waals surface area contributed by atoms with Crippen LogP contribution in [0.1, 0.15) is 50.2 Å². The molecule has 1 atom stereocenters. The van der Waals surface area contributed by atoms with Gasteiger partial charge in [0.2, 0.25) is 5.91 Å². The number of aryl methyl sites for hydroxylation is 2. The molecule has 0 fully saturated rings. The van der Waals surface area contributed by atoms with Crippen LogP contribution in [0, 0.1) is 0 Å². The average molecular weight is 318 g/mol. The fourth-order valence-electron chi connectivity index (χ4n) is 2.98. The summed E-state index contributed by atoms with van der Waals surface area (Å²) in [5, 5.41) is 19.8. The summed E-state index contributed by atoms with van der Waals surface area (Å²) in [6, 6.07) is 0. The first kappa shape index (κ1) is 15.6. The number of tetrazole rings is 1. The van der Waals surface area contributed by atoms with Gasteiger partial charge in [-0.25, -0.2) is 4.68 Å². The van der Waals surface area contributed by atoms with E-state index in [4.69, 9.17) is 0 Å². The molecule has 9 nitrogen and oxygen atoms in total. The lowest BCUT2D eigenvalue weighted by Crippen LogP contribution is -2.33. The third-order valence-electron chi connectivity index (χ3n) is 4.20. The number of hydrogen-bond acceptors (Lipinski definition) is 6. The van der Waals surface area contributed by atoms with Gasteiger partial charge in [0.1, 0.15) is 6.33 Å². The molecular weight excluding hydrogens is 296 g/mol. The van der Waals surface area contributed by atoms with Gasteiger partial charge in [0.15, 0.2) is 11.6 Å². The van der Waals surface area contributed by atoms with Gasteiger partial charge < -0.3 is 9.47 Å². The van der Waals surface area contributed by atoms with Crippen molar-refractivity contribution in [3.8, 4) is 0 Å². The molecule has 1 amide bonds. The van der Waals surface area contributed by atoms with Crippen LogP contribution in [-0.2, 0) is 24.4 Å². The SMILES string of the molecule is CCCn1cnnc1CN(C)C(=O)[C@@H]1CCCCn2nnnc21. The van der Waals surface area contributed by atoms with Crippen LogP contribution < -0.4 is 0 Å². The van der Waals surface area contributed by atoms with E-state index in [9.17, 15) is 4.79 Å². The monoisotopic (exact) mass is 318 g/mol. The number of aromatic nitrogens is 7. The van der Waals surface area contributed by atoms with Crippen molar-refractivity contribution in [1.82, 2.24) is 39.9 Å². The van der Waals surface area contributed by atoms with E-state index in [1.165, 1.54) is 0 Å². The van der Waals surface area contributed by atoms with E-state index in [1.54, 1.807) is 23.0 Å². The first-order chi connectivity index (χ1) is 11.2. The first-order valence-corrected chi connectivity index (χ1v) is 8.08. The largest absolute Gasteiger partial charge is 0.338 e. The Morgan fingerprint density at radius 3 is 3.09 bits per heavy atom. The van der Waals surface area contributed by atoms with Crippen LogP contribution in [0.4, 0.5) is 0 Å². The number of likely N-dealkylation sites (N-methyl/N-ethyl adjacent to an activating group) is 1. The lowest BCUT2D eigenvalue weighted by atomic mass is 10.0. The van der Waals surface area contributed by atoms with E-state index in [0.717, 1.165) is 44.6 Å². The maximum Gasteiger partial charge on any atom is 0.233 e. The lowest BCUT2D eigenvalue weighted by Gasteiger charge is -2.22. The van der Waals surface area contributed by atoms with Crippen LogP contribution in [0.2, 0.25) is 0 Å². The molecule has 0 saturated heterocycles. The van der Waals surface area contributed by atoms with Crippen LogP contribution in [0.25, 0.3) is 0 Å². The maximum atomic E-state index is 12.9. The molecule has 0 radical (unpaired) electrons. The van der Waals surface area contributed by atoms with E-state index in [2.05, 4.69) is 32.6 Å². The highest BCUT2D eigenvalue weighted by atomic mass is 16.2. The number of rotatable bonds is 5. The Kier molecular flexibility index (Phi) is 4.63. The molecule has 0 aromatic carbocycles. The zero-order valence-corrected chi connectivity index (χ0v) is 13.6. The Morgan fingerprint density at radius 2 is 2.26 bits per heavy atom. The van der Waals surface area contributed by atoms with E-state index >= 15 is 0 Å². The van der Waals surface area contributed by atoms with Crippen molar-refractivity contribution in [3.05, 3.63) is 18.0 Å². The molecule has 0 unspecified atom stereocenters. The van der Waals surface area contributed by atoms with E-state index in [-0.39, 0.29) is 11.8 Å².